The van der Waals surface area contributed by atoms with Gasteiger partial charge in [-0.05, 0) is 42.3 Å². The number of hydrogen-bond acceptors (Lipinski definition) is 2. The fourth-order valence-electron chi connectivity index (χ4n) is 3.03. The lowest BCUT2D eigenvalue weighted by Gasteiger charge is -2.28. The van der Waals surface area contributed by atoms with E-state index in [9.17, 15) is 5.11 Å². The molecule has 1 aliphatic heterocycles. The smallest absolute Gasteiger partial charge is 0.0922 e. The lowest BCUT2D eigenvalue weighted by Crippen LogP contribution is -2.33. The Balaban J connectivity index is 1.82. The molecule has 19 heavy (non-hydrogen) atoms. The second-order valence-corrected chi connectivity index (χ2v) is 5.45. The maximum absolute atomic E-state index is 10.5. The van der Waals surface area contributed by atoms with E-state index in [-0.39, 0.29) is 6.10 Å². The lowest BCUT2D eigenvalue weighted by molar-refractivity contribution is 0.102. The number of aliphatic hydroxyl groups excluding tert-OH is 1. The van der Waals surface area contributed by atoms with Gasteiger partial charge in [0, 0.05) is 6.54 Å². The summed E-state index contributed by atoms with van der Waals surface area (Å²) in [7, 11) is 0. The van der Waals surface area contributed by atoms with Gasteiger partial charge in [0.1, 0.15) is 0 Å². The Kier molecular flexibility index (Phi) is 3.81. The first-order chi connectivity index (χ1) is 9.34. The largest absolute Gasteiger partial charge is 0.387 e. The summed E-state index contributed by atoms with van der Waals surface area (Å²) in [5.74, 6) is 0. The summed E-state index contributed by atoms with van der Waals surface area (Å²) in [6.45, 7) is 3.01. The minimum atomic E-state index is -0.385. The normalized spacial score (nSPS) is 18.6. The molecule has 1 fully saturated rings. The van der Waals surface area contributed by atoms with E-state index in [0.717, 1.165) is 25.2 Å². The number of β-amino-alcohol motifs (C(OH)–C–C–N with tert-alkyl or cyclic N) is 1. The summed E-state index contributed by atoms with van der Waals surface area (Å²) >= 11 is 0. The Morgan fingerprint density at radius 1 is 0.947 bits per heavy atom. The standard InChI is InChI=1S/C17H21NO/c19-17(13-18-11-4-1-5-12-18)16-10-6-8-14-7-2-3-9-15(14)16/h2-3,6-10,17,19H,1,4-5,11-13H2/t17-/m1/s1. The van der Waals surface area contributed by atoms with E-state index in [0.29, 0.717) is 0 Å². The van der Waals surface area contributed by atoms with Gasteiger partial charge < -0.3 is 10.0 Å². The molecule has 0 aliphatic carbocycles. The highest BCUT2D eigenvalue weighted by Crippen LogP contribution is 2.25. The van der Waals surface area contributed by atoms with Crippen LogP contribution in [0.5, 0.6) is 0 Å². The zero-order valence-electron chi connectivity index (χ0n) is 11.3. The highest BCUT2D eigenvalue weighted by Gasteiger charge is 2.17. The fraction of sp³-hybridized carbons (Fsp3) is 0.412. The van der Waals surface area contributed by atoms with Gasteiger partial charge in [-0.25, -0.2) is 0 Å². The van der Waals surface area contributed by atoms with Crippen molar-refractivity contribution < 1.29 is 5.11 Å². The third-order valence-electron chi connectivity index (χ3n) is 4.06. The summed E-state index contributed by atoms with van der Waals surface area (Å²) < 4.78 is 0. The Labute approximate surface area is 114 Å². The van der Waals surface area contributed by atoms with Gasteiger partial charge in [-0.15, -0.1) is 0 Å². The number of aliphatic hydroxyl groups is 1. The molecular weight excluding hydrogens is 234 g/mol. The summed E-state index contributed by atoms with van der Waals surface area (Å²) in [4.78, 5) is 2.38. The van der Waals surface area contributed by atoms with Crippen molar-refractivity contribution in [3.05, 3.63) is 48.0 Å². The van der Waals surface area contributed by atoms with Crippen LogP contribution in [-0.2, 0) is 0 Å². The van der Waals surface area contributed by atoms with Gasteiger partial charge in [-0.1, -0.05) is 48.9 Å². The quantitative estimate of drug-likeness (QED) is 0.909. The highest BCUT2D eigenvalue weighted by molar-refractivity contribution is 5.85. The molecule has 1 heterocycles. The second-order valence-electron chi connectivity index (χ2n) is 5.45. The van der Waals surface area contributed by atoms with Crippen molar-refractivity contribution in [1.29, 1.82) is 0 Å². The van der Waals surface area contributed by atoms with Crippen molar-refractivity contribution in [2.75, 3.05) is 19.6 Å². The predicted molar refractivity (Wildman–Crippen MR) is 79.2 cm³/mol. The number of rotatable bonds is 3. The molecule has 2 aromatic carbocycles. The van der Waals surface area contributed by atoms with Gasteiger partial charge in [0.05, 0.1) is 6.10 Å². The van der Waals surface area contributed by atoms with Gasteiger partial charge in [-0.3, -0.25) is 0 Å². The van der Waals surface area contributed by atoms with E-state index in [4.69, 9.17) is 0 Å². The molecule has 100 valence electrons. The molecule has 1 atom stereocenters. The first kappa shape index (κ1) is 12.6. The number of benzene rings is 2. The van der Waals surface area contributed by atoms with Crippen LogP contribution in [0.3, 0.4) is 0 Å². The van der Waals surface area contributed by atoms with E-state index in [1.807, 2.05) is 18.2 Å². The van der Waals surface area contributed by atoms with Crippen LogP contribution < -0.4 is 0 Å². The van der Waals surface area contributed by atoms with Gasteiger partial charge in [-0.2, -0.15) is 0 Å². The van der Waals surface area contributed by atoms with Crippen LogP contribution in [0.2, 0.25) is 0 Å². The van der Waals surface area contributed by atoms with Gasteiger partial charge in [0.2, 0.25) is 0 Å². The van der Waals surface area contributed by atoms with E-state index in [2.05, 4.69) is 29.2 Å². The number of likely N-dealkylation sites (tertiary alicyclic amines) is 1. The molecule has 2 heteroatoms. The van der Waals surface area contributed by atoms with E-state index in [1.165, 1.54) is 30.0 Å². The average molecular weight is 255 g/mol. The summed E-state index contributed by atoms with van der Waals surface area (Å²) in [6.07, 6.45) is 3.48. The molecule has 0 saturated carbocycles. The second kappa shape index (κ2) is 5.72. The van der Waals surface area contributed by atoms with Crippen LogP contribution in [0.25, 0.3) is 10.8 Å². The molecule has 1 saturated heterocycles. The van der Waals surface area contributed by atoms with Crippen molar-refractivity contribution in [3.8, 4) is 0 Å². The van der Waals surface area contributed by atoms with E-state index >= 15 is 0 Å². The maximum Gasteiger partial charge on any atom is 0.0922 e. The van der Waals surface area contributed by atoms with Crippen molar-refractivity contribution in [2.24, 2.45) is 0 Å². The molecule has 2 aromatic rings. The van der Waals surface area contributed by atoms with Crippen LogP contribution in [0, 0.1) is 0 Å². The average Bonchev–Trinajstić information content (AvgIpc) is 2.47. The van der Waals surface area contributed by atoms with Crippen molar-refractivity contribution >= 4 is 10.8 Å². The molecular formula is C17H21NO. The Bertz CT molecular complexity index is 540. The van der Waals surface area contributed by atoms with Crippen LogP contribution in [0.15, 0.2) is 42.5 Å². The van der Waals surface area contributed by atoms with Crippen LogP contribution in [-0.4, -0.2) is 29.6 Å². The molecule has 2 nitrogen and oxygen atoms in total. The van der Waals surface area contributed by atoms with Crippen molar-refractivity contribution in [3.63, 3.8) is 0 Å². The highest BCUT2D eigenvalue weighted by atomic mass is 16.3. The Morgan fingerprint density at radius 2 is 1.68 bits per heavy atom. The van der Waals surface area contributed by atoms with Crippen LogP contribution in [0.4, 0.5) is 0 Å². The minimum Gasteiger partial charge on any atom is -0.387 e. The Morgan fingerprint density at radius 3 is 2.53 bits per heavy atom. The molecule has 0 aromatic heterocycles. The SMILES string of the molecule is O[C@H](CN1CCCCC1)c1cccc2ccccc12. The van der Waals surface area contributed by atoms with Gasteiger partial charge in [0.15, 0.2) is 0 Å². The lowest BCUT2D eigenvalue weighted by atomic mass is 9.99. The number of nitrogens with zero attached hydrogens (tertiary/aromatic N) is 1. The van der Waals surface area contributed by atoms with Gasteiger partial charge >= 0.3 is 0 Å². The molecule has 3 rings (SSSR count). The third-order valence-corrected chi connectivity index (χ3v) is 4.06. The number of piperidine rings is 1. The fourth-order valence-corrected chi connectivity index (χ4v) is 3.03. The zero-order valence-corrected chi connectivity index (χ0v) is 11.3. The summed E-state index contributed by atoms with van der Waals surface area (Å²) in [5.41, 5.74) is 1.06. The van der Waals surface area contributed by atoms with E-state index in [1.54, 1.807) is 0 Å². The topological polar surface area (TPSA) is 23.5 Å². The molecule has 0 unspecified atom stereocenters. The molecule has 0 bridgehead atoms. The molecule has 1 N–H and O–H groups in total. The third kappa shape index (κ3) is 2.80. The monoisotopic (exact) mass is 255 g/mol. The zero-order chi connectivity index (χ0) is 13.1. The minimum absolute atomic E-state index is 0.385. The van der Waals surface area contributed by atoms with E-state index < -0.39 is 0 Å². The van der Waals surface area contributed by atoms with Gasteiger partial charge in [0.25, 0.3) is 0 Å². The van der Waals surface area contributed by atoms with Crippen LogP contribution >= 0.6 is 0 Å². The first-order valence-corrected chi connectivity index (χ1v) is 7.23. The molecule has 0 spiro atoms. The van der Waals surface area contributed by atoms with Crippen molar-refractivity contribution in [2.45, 2.75) is 25.4 Å². The summed E-state index contributed by atoms with van der Waals surface area (Å²) in [6, 6.07) is 14.5. The molecule has 1 aliphatic rings. The summed E-state index contributed by atoms with van der Waals surface area (Å²) in [5, 5.41) is 12.9. The van der Waals surface area contributed by atoms with Crippen molar-refractivity contribution in [1.82, 2.24) is 4.90 Å². The number of fused-ring (bicyclic) bond motifs is 1. The Hall–Kier alpha value is -1.38. The molecule has 0 radical (unpaired) electrons. The predicted octanol–water partition coefficient (Wildman–Crippen LogP) is 3.36. The first-order valence-electron chi connectivity index (χ1n) is 7.23. The van der Waals surface area contributed by atoms with Crippen LogP contribution in [0.1, 0.15) is 30.9 Å². The maximum atomic E-state index is 10.5. The number of hydrogen-bond donors (Lipinski definition) is 1. The molecule has 0 amide bonds.